The number of anilines is 1. The number of rotatable bonds is 13. The van der Waals surface area contributed by atoms with E-state index in [4.69, 9.17) is 4.84 Å². The van der Waals surface area contributed by atoms with Crippen LogP contribution in [0.1, 0.15) is 18.5 Å². The van der Waals surface area contributed by atoms with E-state index in [9.17, 15) is 24.3 Å². The maximum Gasteiger partial charge on any atom is 0.352 e. The quantitative estimate of drug-likeness (QED) is 0.0607. The third-order valence-electron chi connectivity index (χ3n) is 6.13. The number of hydrogen-bond acceptors (Lipinski definition) is 14. The van der Waals surface area contributed by atoms with Crippen molar-refractivity contribution in [2.45, 2.75) is 30.4 Å². The number of β-lactam (4-membered cyclic amide) rings is 1. The Morgan fingerprint density at radius 2 is 2.27 bits per heavy atom. The average molecular weight is 620 g/mol. The van der Waals surface area contributed by atoms with Crippen LogP contribution in [0.15, 0.2) is 51.7 Å². The summed E-state index contributed by atoms with van der Waals surface area (Å²) in [6.45, 7) is 4.20. The molecule has 4 N–H and O–H groups in total. The van der Waals surface area contributed by atoms with Gasteiger partial charge in [-0.15, -0.1) is 44.8 Å². The maximum absolute atomic E-state index is 13.3. The number of amides is 3. The summed E-state index contributed by atoms with van der Waals surface area (Å²) >= 11 is 3.69. The van der Waals surface area contributed by atoms with Crippen LogP contribution < -0.4 is 16.2 Å². The molecule has 4 aliphatic rings. The van der Waals surface area contributed by atoms with Crippen molar-refractivity contribution in [3.63, 3.8) is 0 Å². The van der Waals surface area contributed by atoms with Gasteiger partial charge in [-0.3, -0.25) is 24.3 Å². The van der Waals surface area contributed by atoms with Crippen LogP contribution in [0.3, 0.4) is 0 Å². The van der Waals surface area contributed by atoms with E-state index in [-0.39, 0.29) is 34.1 Å². The van der Waals surface area contributed by atoms with Gasteiger partial charge in [-0.25, -0.2) is 9.78 Å². The standard InChI is InChI=1S/C23H25N9O6S3/c1-2-7-30-11-25-32(29-30)41-9-13-8-39-21-17(20(35)31(21)18(13)22(36)37)27-19(34)16(28-38-14-5-3-4-6-14)15-10-40-23(26-15)24-12-33/h2-3,5,10-12,14,17,21,29H,1,4,6-9H2,(H,27,34)(H,36,37)(H,24,26,33)/b28-16-/t14?,17?,21-/m1/s1. The van der Waals surface area contributed by atoms with Gasteiger partial charge in [-0.05, 0) is 36.4 Å². The Bertz CT molecular complexity index is 1360. The number of carboxylic acids is 1. The molecule has 2 unspecified atom stereocenters. The number of hydrogen-bond donors (Lipinski definition) is 4. The molecule has 15 nitrogen and oxygen atoms in total. The van der Waals surface area contributed by atoms with Crippen molar-refractivity contribution < 1.29 is 29.1 Å². The molecule has 5 rings (SSSR count). The number of carbonyl (C=O) groups excluding carboxylic acids is 3. The molecular formula is C23H25N9O6S3. The molecule has 1 aromatic rings. The number of nitrogens with zero attached hydrogens (tertiary/aromatic N) is 6. The van der Waals surface area contributed by atoms with E-state index in [1.54, 1.807) is 17.4 Å². The van der Waals surface area contributed by atoms with Crippen molar-refractivity contribution in [3.05, 3.63) is 47.2 Å². The van der Waals surface area contributed by atoms with E-state index in [0.29, 0.717) is 30.7 Å². The summed E-state index contributed by atoms with van der Waals surface area (Å²) in [5.74, 6) is -1.87. The van der Waals surface area contributed by atoms with E-state index in [1.165, 1.54) is 38.5 Å². The Kier molecular flexibility index (Phi) is 8.91. The second kappa shape index (κ2) is 12.8. The fourth-order valence-corrected chi connectivity index (χ4v) is 7.14. The fourth-order valence-electron chi connectivity index (χ4n) is 4.22. The van der Waals surface area contributed by atoms with Crippen molar-refractivity contribution in [3.8, 4) is 0 Å². The van der Waals surface area contributed by atoms with E-state index in [1.807, 2.05) is 12.2 Å². The zero-order chi connectivity index (χ0) is 28.9. The molecular weight excluding hydrogens is 595 g/mol. The third-order valence-corrected chi connectivity index (χ3v) is 9.14. The maximum atomic E-state index is 13.3. The number of oxime groups is 1. The van der Waals surface area contributed by atoms with Crippen LogP contribution in [0.2, 0.25) is 0 Å². The number of hydrazine groups is 2. The minimum absolute atomic E-state index is 0.0998. The summed E-state index contributed by atoms with van der Waals surface area (Å²) in [4.78, 5) is 60.4. The van der Waals surface area contributed by atoms with Crippen molar-refractivity contribution in [2.75, 3.05) is 23.4 Å². The number of thiazole rings is 1. The van der Waals surface area contributed by atoms with Crippen LogP contribution >= 0.6 is 35.0 Å². The van der Waals surface area contributed by atoms with Gasteiger partial charge in [0.1, 0.15) is 35.2 Å². The van der Waals surface area contributed by atoms with E-state index in [0.717, 1.165) is 17.8 Å². The van der Waals surface area contributed by atoms with Gasteiger partial charge in [0.15, 0.2) is 10.8 Å². The SMILES string of the molecule is C=CCN1C=NN(SCC2=C(C(=O)O)N3C(=O)C(NC(=O)/C(=N\OC4C=CCC4)c4csc(NC=O)n4)[C@H]3SC2)N1. The Hall–Kier alpha value is -3.87. The molecule has 18 heteroatoms. The average Bonchev–Trinajstić information content (AvgIpc) is 3.74. The van der Waals surface area contributed by atoms with Crippen LogP contribution in [-0.4, -0.2) is 96.3 Å². The number of hydrazone groups is 1. The largest absolute Gasteiger partial charge is 0.477 e. The number of nitrogens with one attached hydrogen (secondary N) is 3. The first-order valence-corrected chi connectivity index (χ1v) is 15.1. The fraction of sp³-hybridized carbons (Fsp3) is 0.348. The lowest BCUT2D eigenvalue weighted by molar-refractivity contribution is -0.150. The van der Waals surface area contributed by atoms with Crippen LogP contribution in [0.5, 0.6) is 0 Å². The molecule has 0 radical (unpaired) electrons. The molecule has 216 valence electrons. The highest BCUT2D eigenvalue weighted by Crippen LogP contribution is 2.41. The minimum atomic E-state index is -1.23. The number of fused-ring (bicyclic) bond motifs is 1. The molecule has 1 fully saturated rings. The van der Waals surface area contributed by atoms with Crippen molar-refractivity contribution in [1.82, 2.24) is 30.3 Å². The number of allylic oxidation sites excluding steroid dienone is 1. The smallest absolute Gasteiger partial charge is 0.352 e. The van der Waals surface area contributed by atoms with Crippen LogP contribution in [-0.2, 0) is 24.0 Å². The molecule has 3 aliphatic heterocycles. The van der Waals surface area contributed by atoms with Crippen molar-refractivity contribution in [2.24, 2.45) is 10.3 Å². The summed E-state index contributed by atoms with van der Waals surface area (Å²) < 4.78 is 1.49. The van der Waals surface area contributed by atoms with Crippen molar-refractivity contribution >= 4 is 76.4 Å². The van der Waals surface area contributed by atoms with Crippen LogP contribution in [0.25, 0.3) is 0 Å². The summed E-state index contributed by atoms with van der Waals surface area (Å²) in [6.07, 6.45) is 8.77. The highest BCUT2D eigenvalue weighted by molar-refractivity contribution is 8.00. The van der Waals surface area contributed by atoms with Gasteiger partial charge in [-0.2, -0.15) is 0 Å². The van der Waals surface area contributed by atoms with E-state index < -0.39 is 29.2 Å². The summed E-state index contributed by atoms with van der Waals surface area (Å²) in [6, 6.07) is -0.976. The second-order valence-electron chi connectivity index (χ2n) is 8.83. The lowest BCUT2D eigenvalue weighted by Gasteiger charge is -2.49. The van der Waals surface area contributed by atoms with Crippen LogP contribution in [0, 0.1) is 0 Å². The zero-order valence-corrected chi connectivity index (χ0v) is 23.8. The van der Waals surface area contributed by atoms with Gasteiger partial charge >= 0.3 is 5.97 Å². The first-order chi connectivity index (χ1) is 19.9. The van der Waals surface area contributed by atoms with Gasteiger partial charge in [0.2, 0.25) is 6.41 Å². The second-order valence-corrected chi connectivity index (χ2v) is 11.7. The molecule has 1 saturated heterocycles. The lowest BCUT2D eigenvalue weighted by Crippen LogP contribution is -2.71. The zero-order valence-electron chi connectivity index (χ0n) is 21.3. The Labute approximate surface area is 246 Å². The van der Waals surface area contributed by atoms with Gasteiger partial charge in [0.05, 0.1) is 6.54 Å². The minimum Gasteiger partial charge on any atom is -0.477 e. The predicted molar refractivity (Wildman–Crippen MR) is 154 cm³/mol. The monoisotopic (exact) mass is 619 g/mol. The van der Waals surface area contributed by atoms with Crippen molar-refractivity contribution in [1.29, 1.82) is 0 Å². The number of aliphatic carboxylic acids is 1. The van der Waals surface area contributed by atoms with Gasteiger partial charge in [0, 0.05) is 16.9 Å². The number of carbonyl (C=O) groups is 4. The van der Waals surface area contributed by atoms with Gasteiger partial charge in [0.25, 0.3) is 11.8 Å². The summed E-state index contributed by atoms with van der Waals surface area (Å²) in [5, 5.41) is 26.1. The first kappa shape index (κ1) is 28.7. The predicted octanol–water partition coefficient (Wildman–Crippen LogP) is 0.704. The summed E-state index contributed by atoms with van der Waals surface area (Å²) in [7, 11) is 0. The van der Waals surface area contributed by atoms with Gasteiger partial charge < -0.3 is 20.6 Å². The van der Waals surface area contributed by atoms with E-state index >= 15 is 0 Å². The van der Waals surface area contributed by atoms with Gasteiger partial charge in [-0.1, -0.05) is 17.3 Å². The van der Waals surface area contributed by atoms with E-state index in [2.05, 4.69) is 38.0 Å². The first-order valence-electron chi connectivity index (χ1n) is 12.3. The summed E-state index contributed by atoms with van der Waals surface area (Å²) in [5.41, 5.74) is 3.44. The molecule has 1 aliphatic carbocycles. The molecule has 0 bridgehead atoms. The highest BCUT2D eigenvalue weighted by atomic mass is 32.2. The number of aromatic nitrogens is 1. The highest BCUT2D eigenvalue weighted by Gasteiger charge is 2.54. The molecule has 1 aromatic heterocycles. The normalized spacial score (nSPS) is 23.4. The third kappa shape index (κ3) is 6.24. The topological polar surface area (TPSA) is 181 Å². The molecule has 4 heterocycles. The molecule has 41 heavy (non-hydrogen) atoms. The Balaban J connectivity index is 1.27. The van der Waals surface area contributed by atoms with Crippen LogP contribution in [0.4, 0.5) is 5.13 Å². The molecule has 0 saturated carbocycles. The number of thioether (sulfide) groups is 1. The molecule has 0 aromatic carbocycles. The Morgan fingerprint density at radius 3 is 3.00 bits per heavy atom. The molecule has 0 spiro atoms. The molecule has 3 atom stereocenters. The molecule has 3 amide bonds. The number of carboxylic acid groups (broad SMARTS) is 1. The lowest BCUT2D eigenvalue weighted by atomic mass is 10.0. The Morgan fingerprint density at radius 1 is 1.41 bits per heavy atom.